The summed E-state index contributed by atoms with van der Waals surface area (Å²) in [5, 5.41) is 3.70. The van der Waals surface area contributed by atoms with Gasteiger partial charge in [-0.3, -0.25) is 4.79 Å². The van der Waals surface area contributed by atoms with Crippen molar-refractivity contribution in [3.8, 4) is 0 Å². The first-order valence-electron chi connectivity index (χ1n) is 11.0. The molecule has 1 N–H and O–H groups in total. The first-order chi connectivity index (χ1) is 14.6. The summed E-state index contributed by atoms with van der Waals surface area (Å²) >= 11 is 0. The summed E-state index contributed by atoms with van der Waals surface area (Å²) in [6.45, 7) is 5.41. The van der Waals surface area contributed by atoms with E-state index in [1.165, 1.54) is 29.5 Å². The third-order valence-corrected chi connectivity index (χ3v) is 6.73. The van der Waals surface area contributed by atoms with E-state index >= 15 is 0 Å². The van der Waals surface area contributed by atoms with Crippen LogP contribution < -0.4 is 10.2 Å². The summed E-state index contributed by atoms with van der Waals surface area (Å²) in [5.74, 6) is 1.88. The predicted octanol–water partition coefficient (Wildman–Crippen LogP) is 4.82. The molecule has 0 spiro atoms. The molecule has 1 aromatic heterocycles. The lowest BCUT2D eigenvalue weighted by Gasteiger charge is -2.46. The maximum absolute atomic E-state index is 12.8. The Morgan fingerprint density at radius 1 is 1.23 bits per heavy atom. The largest absolute Gasteiger partial charge is 0.377 e. The van der Waals surface area contributed by atoms with Gasteiger partial charge in [-0.2, -0.15) is 0 Å². The van der Waals surface area contributed by atoms with E-state index in [-0.39, 0.29) is 23.9 Å². The van der Waals surface area contributed by atoms with Gasteiger partial charge < -0.3 is 15.0 Å². The summed E-state index contributed by atoms with van der Waals surface area (Å²) in [7, 11) is 0. The van der Waals surface area contributed by atoms with E-state index in [0.29, 0.717) is 12.5 Å². The summed E-state index contributed by atoms with van der Waals surface area (Å²) in [6.07, 6.45) is 7.33. The number of nitrogens with one attached hydrogen (secondary N) is 1. The number of anilines is 2. The normalized spacial score (nSPS) is 26.0. The number of benzene rings is 1. The van der Waals surface area contributed by atoms with Crippen LogP contribution >= 0.6 is 0 Å². The van der Waals surface area contributed by atoms with Crippen molar-refractivity contribution >= 4 is 23.0 Å². The van der Waals surface area contributed by atoms with Gasteiger partial charge in [0.2, 0.25) is 5.91 Å². The van der Waals surface area contributed by atoms with Gasteiger partial charge in [0.15, 0.2) is 0 Å². The van der Waals surface area contributed by atoms with Gasteiger partial charge in [-0.05, 0) is 66.1 Å². The SMILES string of the molecule is CC(=O)N1c2ccc(C3=CCOCC3)cc2C(Nc2ccccn2)[C@@H](C)C1C1CC1. The number of amides is 1. The third-order valence-electron chi connectivity index (χ3n) is 6.73. The number of hydrogen-bond donors (Lipinski definition) is 1. The van der Waals surface area contributed by atoms with E-state index in [2.05, 4.69) is 46.4 Å². The second-order valence-electron chi connectivity index (χ2n) is 8.74. The minimum Gasteiger partial charge on any atom is -0.377 e. The van der Waals surface area contributed by atoms with E-state index in [0.717, 1.165) is 24.5 Å². The summed E-state index contributed by atoms with van der Waals surface area (Å²) in [4.78, 5) is 19.3. The molecule has 0 bridgehead atoms. The monoisotopic (exact) mass is 403 g/mol. The smallest absolute Gasteiger partial charge is 0.224 e. The molecule has 1 amide bonds. The van der Waals surface area contributed by atoms with Crippen molar-refractivity contribution < 1.29 is 9.53 Å². The molecule has 1 aromatic carbocycles. The quantitative estimate of drug-likeness (QED) is 0.795. The molecule has 0 saturated heterocycles. The number of hydrogen-bond acceptors (Lipinski definition) is 4. The number of carbonyl (C=O) groups excluding carboxylic acids is 1. The molecule has 5 nitrogen and oxygen atoms in total. The second-order valence-corrected chi connectivity index (χ2v) is 8.74. The van der Waals surface area contributed by atoms with Crippen molar-refractivity contribution in [2.45, 2.75) is 45.2 Å². The molecule has 5 heteroatoms. The van der Waals surface area contributed by atoms with E-state index in [9.17, 15) is 4.79 Å². The zero-order valence-electron chi connectivity index (χ0n) is 17.7. The van der Waals surface area contributed by atoms with Crippen LogP contribution in [0, 0.1) is 11.8 Å². The number of nitrogens with zero attached hydrogens (tertiary/aromatic N) is 2. The van der Waals surface area contributed by atoms with Gasteiger partial charge in [-0.1, -0.05) is 25.1 Å². The predicted molar refractivity (Wildman–Crippen MR) is 119 cm³/mol. The maximum Gasteiger partial charge on any atom is 0.224 e. The molecule has 3 atom stereocenters. The lowest BCUT2D eigenvalue weighted by Crippen LogP contribution is -2.51. The van der Waals surface area contributed by atoms with E-state index in [4.69, 9.17) is 4.74 Å². The number of fused-ring (bicyclic) bond motifs is 1. The third kappa shape index (κ3) is 3.52. The van der Waals surface area contributed by atoms with Gasteiger partial charge in [0.25, 0.3) is 0 Å². The fraction of sp³-hybridized carbons (Fsp3) is 0.440. The summed E-state index contributed by atoms with van der Waals surface area (Å²) in [6, 6.07) is 12.9. The molecule has 3 heterocycles. The van der Waals surface area contributed by atoms with Crippen LogP contribution in [0.2, 0.25) is 0 Å². The second kappa shape index (κ2) is 7.88. The Balaban J connectivity index is 1.61. The first kappa shape index (κ1) is 19.3. The van der Waals surface area contributed by atoms with Crippen LogP contribution in [0.4, 0.5) is 11.5 Å². The molecule has 30 heavy (non-hydrogen) atoms. The topological polar surface area (TPSA) is 54.5 Å². The summed E-state index contributed by atoms with van der Waals surface area (Å²) < 4.78 is 5.50. The molecular formula is C25H29N3O2. The zero-order valence-corrected chi connectivity index (χ0v) is 17.7. The Kier molecular flexibility index (Phi) is 5.07. The molecular weight excluding hydrogens is 374 g/mol. The van der Waals surface area contributed by atoms with Gasteiger partial charge in [-0.15, -0.1) is 0 Å². The highest BCUT2D eigenvalue weighted by Gasteiger charge is 2.47. The Morgan fingerprint density at radius 3 is 2.77 bits per heavy atom. The molecule has 156 valence electrons. The molecule has 1 saturated carbocycles. The van der Waals surface area contributed by atoms with Crippen molar-refractivity contribution in [3.63, 3.8) is 0 Å². The molecule has 0 radical (unpaired) electrons. The van der Waals surface area contributed by atoms with Crippen molar-refractivity contribution in [1.82, 2.24) is 4.98 Å². The van der Waals surface area contributed by atoms with Gasteiger partial charge in [0, 0.05) is 30.8 Å². The fourth-order valence-corrected chi connectivity index (χ4v) is 5.16. The van der Waals surface area contributed by atoms with Gasteiger partial charge in [0.1, 0.15) is 5.82 Å². The Morgan fingerprint density at radius 2 is 2.10 bits per heavy atom. The molecule has 2 aromatic rings. The van der Waals surface area contributed by atoms with Crippen molar-refractivity contribution in [1.29, 1.82) is 0 Å². The lowest BCUT2D eigenvalue weighted by molar-refractivity contribution is -0.117. The average Bonchev–Trinajstić information content (AvgIpc) is 3.61. The van der Waals surface area contributed by atoms with E-state index in [1.807, 2.05) is 24.4 Å². The maximum atomic E-state index is 12.8. The number of aromatic nitrogens is 1. The van der Waals surface area contributed by atoms with Crippen molar-refractivity contribution in [2.75, 3.05) is 23.4 Å². The van der Waals surface area contributed by atoms with Crippen LogP contribution in [-0.4, -0.2) is 30.1 Å². The van der Waals surface area contributed by atoms with Gasteiger partial charge in [0.05, 0.1) is 19.3 Å². The van der Waals surface area contributed by atoms with Crippen LogP contribution in [0.25, 0.3) is 5.57 Å². The number of ether oxygens (including phenoxy) is 1. The average molecular weight is 404 g/mol. The van der Waals surface area contributed by atoms with Gasteiger partial charge in [-0.25, -0.2) is 4.98 Å². The first-order valence-corrected chi connectivity index (χ1v) is 11.0. The highest BCUT2D eigenvalue weighted by Crippen LogP contribution is 2.50. The molecule has 3 aliphatic rings. The lowest BCUT2D eigenvalue weighted by atomic mass is 9.79. The molecule has 1 fully saturated rings. The highest BCUT2D eigenvalue weighted by atomic mass is 16.5. The Labute approximate surface area is 178 Å². The van der Waals surface area contributed by atoms with Gasteiger partial charge >= 0.3 is 0 Å². The van der Waals surface area contributed by atoms with Crippen molar-refractivity contribution in [3.05, 3.63) is 59.8 Å². The van der Waals surface area contributed by atoms with E-state index < -0.39 is 0 Å². The van der Waals surface area contributed by atoms with Crippen LogP contribution in [0.5, 0.6) is 0 Å². The minimum absolute atomic E-state index is 0.108. The zero-order chi connectivity index (χ0) is 20.7. The number of carbonyl (C=O) groups is 1. The molecule has 1 aliphatic carbocycles. The Bertz CT molecular complexity index is 968. The standard InChI is InChI=1S/C25H29N3O2/c1-16-24(27-23-5-3-4-12-26-23)21-15-20(18-10-13-30-14-11-18)8-9-22(21)28(17(2)29)25(16)19-6-7-19/h3-5,8-10,12,15-16,19,24-25H,6-7,11,13-14H2,1-2H3,(H,26,27)/t16-,24?,25?/m1/s1. The fourth-order valence-electron chi connectivity index (χ4n) is 5.16. The van der Waals surface area contributed by atoms with Crippen molar-refractivity contribution in [2.24, 2.45) is 11.8 Å². The van der Waals surface area contributed by atoms with Crippen LogP contribution in [-0.2, 0) is 9.53 Å². The summed E-state index contributed by atoms with van der Waals surface area (Å²) in [5.41, 5.74) is 4.78. The van der Waals surface area contributed by atoms with Crippen LogP contribution in [0.3, 0.4) is 0 Å². The molecule has 2 unspecified atom stereocenters. The highest BCUT2D eigenvalue weighted by molar-refractivity contribution is 5.94. The van der Waals surface area contributed by atoms with E-state index in [1.54, 1.807) is 6.92 Å². The number of pyridine rings is 1. The van der Waals surface area contributed by atoms with Crippen LogP contribution in [0.15, 0.2) is 48.7 Å². The molecule has 5 rings (SSSR count). The minimum atomic E-state index is 0.108. The Hall–Kier alpha value is -2.66. The molecule has 2 aliphatic heterocycles. The number of rotatable bonds is 4. The van der Waals surface area contributed by atoms with Crippen LogP contribution in [0.1, 0.15) is 50.3 Å².